The van der Waals surface area contributed by atoms with E-state index in [9.17, 15) is 14.9 Å². The van der Waals surface area contributed by atoms with Gasteiger partial charge in [0.25, 0.3) is 5.69 Å². The zero-order valence-corrected chi connectivity index (χ0v) is 13.0. The Morgan fingerprint density at radius 1 is 1.33 bits per heavy atom. The molecular formula is C15H23N3O3. The van der Waals surface area contributed by atoms with E-state index in [0.29, 0.717) is 25.1 Å². The van der Waals surface area contributed by atoms with Crippen LogP contribution in [0.25, 0.3) is 0 Å². The van der Waals surface area contributed by atoms with Crippen LogP contribution in [0.1, 0.15) is 38.3 Å². The van der Waals surface area contributed by atoms with Crippen molar-refractivity contribution in [2.24, 2.45) is 0 Å². The minimum Gasteiger partial charge on any atom is -0.352 e. The lowest BCUT2D eigenvalue weighted by atomic mass is 10.1. The summed E-state index contributed by atoms with van der Waals surface area (Å²) in [6.45, 7) is 8.72. The van der Waals surface area contributed by atoms with Gasteiger partial charge in [0.1, 0.15) is 0 Å². The smallest absolute Gasteiger partial charge is 0.272 e. The largest absolute Gasteiger partial charge is 0.352 e. The number of carbonyl (C=O) groups is 1. The van der Waals surface area contributed by atoms with Crippen molar-refractivity contribution in [3.05, 3.63) is 39.4 Å². The second kappa shape index (κ2) is 7.17. The Kier molecular flexibility index (Phi) is 5.84. The molecule has 0 saturated heterocycles. The Morgan fingerprint density at radius 3 is 2.57 bits per heavy atom. The summed E-state index contributed by atoms with van der Waals surface area (Å²) in [7, 11) is 0. The molecule has 1 amide bonds. The van der Waals surface area contributed by atoms with Crippen LogP contribution >= 0.6 is 0 Å². The number of carbonyl (C=O) groups excluding carboxylic acids is 1. The topological polar surface area (TPSA) is 84.3 Å². The Bertz CT molecular complexity index is 521. The summed E-state index contributed by atoms with van der Waals surface area (Å²) in [6, 6.07) is 4.89. The number of hydrogen-bond donors (Lipinski definition) is 2. The highest BCUT2D eigenvalue weighted by atomic mass is 16.6. The van der Waals surface area contributed by atoms with Gasteiger partial charge in [-0.15, -0.1) is 0 Å². The maximum absolute atomic E-state index is 11.7. The lowest BCUT2D eigenvalue weighted by molar-refractivity contribution is -0.385. The third-order valence-electron chi connectivity index (χ3n) is 3.10. The quantitative estimate of drug-likeness (QED) is 0.622. The molecule has 0 unspecified atom stereocenters. The summed E-state index contributed by atoms with van der Waals surface area (Å²) in [6.07, 6.45) is 0.380. The SMILES string of the molecule is Cc1c(CNC(=O)CCNC(C)(C)C)cccc1[N+](=O)[O-]. The van der Waals surface area contributed by atoms with Gasteiger partial charge in [-0.3, -0.25) is 14.9 Å². The van der Waals surface area contributed by atoms with Crippen molar-refractivity contribution in [2.75, 3.05) is 6.54 Å². The molecule has 0 spiro atoms. The average Bonchev–Trinajstić information content (AvgIpc) is 2.35. The van der Waals surface area contributed by atoms with Gasteiger partial charge in [0, 0.05) is 36.7 Å². The Labute approximate surface area is 125 Å². The van der Waals surface area contributed by atoms with E-state index in [0.717, 1.165) is 5.56 Å². The number of nitrogens with zero attached hydrogens (tertiary/aromatic N) is 1. The Balaban J connectivity index is 2.50. The molecule has 116 valence electrons. The van der Waals surface area contributed by atoms with E-state index in [-0.39, 0.29) is 17.1 Å². The monoisotopic (exact) mass is 293 g/mol. The summed E-state index contributed by atoms with van der Waals surface area (Å²) in [4.78, 5) is 22.2. The zero-order chi connectivity index (χ0) is 16.0. The molecule has 0 aliphatic rings. The summed E-state index contributed by atoms with van der Waals surface area (Å²) in [5.41, 5.74) is 1.42. The van der Waals surface area contributed by atoms with Gasteiger partial charge < -0.3 is 10.6 Å². The van der Waals surface area contributed by atoms with Crippen LogP contribution in [0.5, 0.6) is 0 Å². The molecule has 21 heavy (non-hydrogen) atoms. The van der Waals surface area contributed by atoms with E-state index < -0.39 is 4.92 Å². The predicted molar refractivity (Wildman–Crippen MR) is 82.1 cm³/mol. The van der Waals surface area contributed by atoms with Crippen LogP contribution in [0.3, 0.4) is 0 Å². The molecule has 1 aromatic carbocycles. The molecule has 1 aromatic rings. The summed E-state index contributed by atoms with van der Waals surface area (Å²) < 4.78 is 0. The molecule has 0 aromatic heterocycles. The van der Waals surface area contributed by atoms with E-state index in [1.54, 1.807) is 19.1 Å². The van der Waals surface area contributed by atoms with E-state index in [1.807, 2.05) is 20.8 Å². The molecule has 0 atom stereocenters. The number of nitro benzene ring substituents is 1. The van der Waals surface area contributed by atoms with Crippen LogP contribution in [0.4, 0.5) is 5.69 Å². The Morgan fingerprint density at radius 2 is 2.00 bits per heavy atom. The fourth-order valence-electron chi connectivity index (χ4n) is 1.89. The summed E-state index contributed by atoms with van der Waals surface area (Å²) in [5, 5.41) is 16.9. The lowest BCUT2D eigenvalue weighted by Gasteiger charge is -2.20. The minimum absolute atomic E-state index is 0.0170. The molecule has 1 rings (SSSR count). The first-order valence-electron chi connectivity index (χ1n) is 6.95. The van der Waals surface area contributed by atoms with Gasteiger partial charge in [-0.05, 0) is 33.3 Å². The first-order chi connectivity index (χ1) is 9.70. The van der Waals surface area contributed by atoms with Crippen LogP contribution in [-0.4, -0.2) is 22.9 Å². The predicted octanol–water partition coefficient (Wildman–Crippen LogP) is 2.30. The fraction of sp³-hybridized carbons (Fsp3) is 0.533. The first kappa shape index (κ1) is 17.1. The zero-order valence-electron chi connectivity index (χ0n) is 13.0. The normalized spacial score (nSPS) is 11.2. The van der Waals surface area contributed by atoms with Crippen molar-refractivity contribution >= 4 is 11.6 Å². The molecule has 0 bridgehead atoms. The maximum atomic E-state index is 11.7. The van der Waals surface area contributed by atoms with Gasteiger partial charge in [-0.1, -0.05) is 12.1 Å². The number of amides is 1. The van der Waals surface area contributed by atoms with E-state index in [4.69, 9.17) is 0 Å². The second-order valence-corrected chi connectivity index (χ2v) is 6.02. The van der Waals surface area contributed by atoms with Crippen molar-refractivity contribution in [3.63, 3.8) is 0 Å². The van der Waals surface area contributed by atoms with E-state index in [1.165, 1.54) is 6.07 Å². The fourth-order valence-corrected chi connectivity index (χ4v) is 1.89. The minimum atomic E-state index is -0.409. The maximum Gasteiger partial charge on any atom is 0.272 e. The average molecular weight is 293 g/mol. The highest BCUT2D eigenvalue weighted by Crippen LogP contribution is 2.20. The second-order valence-electron chi connectivity index (χ2n) is 6.02. The first-order valence-corrected chi connectivity index (χ1v) is 6.95. The number of hydrogen-bond acceptors (Lipinski definition) is 4. The molecule has 0 radical (unpaired) electrons. The van der Waals surface area contributed by atoms with E-state index in [2.05, 4.69) is 10.6 Å². The van der Waals surface area contributed by atoms with Gasteiger partial charge in [0.05, 0.1) is 4.92 Å². The van der Waals surface area contributed by atoms with Gasteiger partial charge in [0.2, 0.25) is 5.91 Å². The van der Waals surface area contributed by atoms with E-state index >= 15 is 0 Å². The summed E-state index contributed by atoms with van der Waals surface area (Å²) in [5.74, 6) is -0.0716. The number of benzene rings is 1. The van der Waals surface area contributed by atoms with Gasteiger partial charge >= 0.3 is 0 Å². The van der Waals surface area contributed by atoms with Crippen molar-refractivity contribution in [1.82, 2.24) is 10.6 Å². The molecule has 0 fully saturated rings. The molecular weight excluding hydrogens is 270 g/mol. The van der Waals surface area contributed by atoms with Gasteiger partial charge in [-0.2, -0.15) is 0 Å². The molecule has 0 heterocycles. The highest BCUT2D eigenvalue weighted by molar-refractivity contribution is 5.76. The standard InChI is InChI=1S/C15H23N3O3/c1-11-12(6-5-7-13(11)18(20)21)10-16-14(19)8-9-17-15(2,3)4/h5-7,17H,8-10H2,1-4H3,(H,16,19). The number of rotatable bonds is 6. The third kappa shape index (κ3) is 5.91. The van der Waals surface area contributed by atoms with Crippen molar-refractivity contribution < 1.29 is 9.72 Å². The number of nitrogens with one attached hydrogen (secondary N) is 2. The van der Waals surface area contributed by atoms with Crippen LogP contribution in [0, 0.1) is 17.0 Å². The highest BCUT2D eigenvalue weighted by Gasteiger charge is 2.14. The molecule has 2 N–H and O–H groups in total. The molecule has 0 aliphatic carbocycles. The van der Waals surface area contributed by atoms with Crippen LogP contribution in [-0.2, 0) is 11.3 Å². The van der Waals surface area contributed by atoms with Crippen molar-refractivity contribution in [2.45, 2.75) is 46.2 Å². The molecule has 6 heteroatoms. The van der Waals surface area contributed by atoms with Crippen molar-refractivity contribution in [1.29, 1.82) is 0 Å². The van der Waals surface area contributed by atoms with Crippen molar-refractivity contribution in [3.8, 4) is 0 Å². The third-order valence-corrected chi connectivity index (χ3v) is 3.10. The van der Waals surface area contributed by atoms with Crippen LogP contribution in [0.15, 0.2) is 18.2 Å². The molecule has 0 saturated carbocycles. The van der Waals surface area contributed by atoms with Crippen LogP contribution < -0.4 is 10.6 Å². The lowest BCUT2D eigenvalue weighted by Crippen LogP contribution is -2.38. The molecule has 0 aliphatic heterocycles. The van der Waals surface area contributed by atoms with Gasteiger partial charge in [-0.25, -0.2) is 0 Å². The van der Waals surface area contributed by atoms with Crippen LogP contribution in [0.2, 0.25) is 0 Å². The molecule has 6 nitrogen and oxygen atoms in total. The number of nitro groups is 1. The Hall–Kier alpha value is -1.95. The summed E-state index contributed by atoms with van der Waals surface area (Å²) >= 11 is 0. The van der Waals surface area contributed by atoms with Gasteiger partial charge in [0.15, 0.2) is 0 Å².